The number of hydrogen-bond acceptors (Lipinski definition) is 3. The fourth-order valence-electron chi connectivity index (χ4n) is 2.26. The van der Waals surface area contributed by atoms with Crippen LogP contribution in [0.1, 0.15) is 5.56 Å². The van der Waals surface area contributed by atoms with Crippen LogP contribution in [-0.4, -0.2) is 28.2 Å². The number of fused-ring (bicyclic) bond motifs is 1. The Bertz CT molecular complexity index is 716. The number of nitrogens with one attached hydrogen (secondary N) is 2. The van der Waals surface area contributed by atoms with E-state index in [0.717, 1.165) is 28.1 Å². The number of aromatic nitrogens is 2. The van der Waals surface area contributed by atoms with E-state index in [1.54, 1.807) is 0 Å². The zero-order valence-electron chi connectivity index (χ0n) is 11.4. The molecule has 0 fully saturated rings. The first-order valence-corrected chi connectivity index (χ1v) is 6.68. The second-order valence-electron chi connectivity index (χ2n) is 4.78. The number of aliphatic hydroxyl groups excluding tert-OH is 1. The Morgan fingerprint density at radius 2 is 1.95 bits per heavy atom. The van der Waals surface area contributed by atoms with Gasteiger partial charge >= 0.3 is 0 Å². The molecule has 3 aromatic rings. The maximum atomic E-state index is 8.79. The van der Waals surface area contributed by atoms with Crippen molar-refractivity contribution in [3.05, 3.63) is 48.0 Å². The van der Waals surface area contributed by atoms with Crippen LogP contribution in [0, 0.1) is 6.92 Å². The lowest BCUT2D eigenvalue weighted by Crippen LogP contribution is -2.04. The van der Waals surface area contributed by atoms with E-state index in [1.807, 2.05) is 36.4 Å². The molecule has 2 aromatic carbocycles. The van der Waals surface area contributed by atoms with E-state index in [4.69, 9.17) is 5.11 Å². The van der Waals surface area contributed by atoms with Crippen LogP contribution < -0.4 is 5.32 Å². The normalized spacial score (nSPS) is 10.9. The van der Waals surface area contributed by atoms with Crippen molar-refractivity contribution in [2.45, 2.75) is 6.92 Å². The topological polar surface area (TPSA) is 60.9 Å². The highest BCUT2D eigenvalue weighted by atomic mass is 16.3. The number of para-hydroxylation sites is 1. The van der Waals surface area contributed by atoms with Crippen LogP contribution in [0.3, 0.4) is 0 Å². The summed E-state index contributed by atoms with van der Waals surface area (Å²) >= 11 is 0. The number of benzene rings is 2. The van der Waals surface area contributed by atoms with Crippen LogP contribution in [0.4, 0.5) is 5.69 Å². The average molecular weight is 267 g/mol. The lowest BCUT2D eigenvalue weighted by Gasteiger charge is -2.04. The van der Waals surface area contributed by atoms with Gasteiger partial charge in [-0.05, 0) is 42.8 Å². The first-order chi connectivity index (χ1) is 9.78. The van der Waals surface area contributed by atoms with Crippen LogP contribution in [-0.2, 0) is 0 Å². The molecule has 0 saturated carbocycles. The van der Waals surface area contributed by atoms with Crippen molar-refractivity contribution in [1.82, 2.24) is 9.97 Å². The summed E-state index contributed by atoms with van der Waals surface area (Å²) in [5.74, 6) is 0.878. The van der Waals surface area contributed by atoms with Gasteiger partial charge in [0.2, 0.25) is 0 Å². The lowest BCUT2D eigenvalue weighted by atomic mass is 10.2. The van der Waals surface area contributed by atoms with E-state index in [-0.39, 0.29) is 6.61 Å². The second-order valence-corrected chi connectivity index (χ2v) is 4.78. The van der Waals surface area contributed by atoms with Gasteiger partial charge in [-0.2, -0.15) is 0 Å². The van der Waals surface area contributed by atoms with E-state index >= 15 is 0 Å². The molecule has 0 bridgehead atoms. The molecule has 1 heterocycles. The van der Waals surface area contributed by atoms with Crippen molar-refractivity contribution in [3.8, 4) is 11.4 Å². The van der Waals surface area contributed by atoms with Crippen molar-refractivity contribution in [2.75, 3.05) is 18.5 Å². The molecule has 0 aliphatic heterocycles. The zero-order valence-corrected chi connectivity index (χ0v) is 11.4. The summed E-state index contributed by atoms with van der Waals surface area (Å²) < 4.78 is 0. The summed E-state index contributed by atoms with van der Waals surface area (Å²) in [6.07, 6.45) is 0. The summed E-state index contributed by atoms with van der Waals surface area (Å²) in [7, 11) is 0. The Labute approximate surface area is 117 Å². The molecule has 1 aromatic heterocycles. The molecule has 102 valence electrons. The van der Waals surface area contributed by atoms with Crippen LogP contribution in [0.25, 0.3) is 22.4 Å². The molecule has 3 rings (SSSR count). The van der Waals surface area contributed by atoms with Gasteiger partial charge in [0.05, 0.1) is 17.6 Å². The highest BCUT2D eigenvalue weighted by Crippen LogP contribution is 2.23. The van der Waals surface area contributed by atoms with E-state index in [1.165, 1.54) is 5.56 Å². The van der Waals surface area contributed by atoms with E-state index < -0.39 is 0 Å². The minimum absolute atomic E-state index is 0.130. The Morgan fingerprint density at radius 3 is 2.65 bits per heavy atom. The number of nitrogens with zero attached hydrogens (tertiary/aromatic N) is 1. The van der Waals surface area contributed by atoms with Crippen molar-refractivity contribution in [3.63, 3.8) is 0 Å². The van der Waals surface area contributed by atoms with E-state index in [0.29, 0.717) is 6.54 Å². The number of imidazole rings is 1. The molecule has 4 nitrogen and oxygen atoms in total. The minimum Gasteiger partial charge on any atom is -0.395 e. The fraction of sp³-hybridized carbons (Fsp3) is 0.188. The molecule has 0 radical (unpaired) electrons. The number of aryl methyl sites for hydroxylation is 1. The van der Waals surface area contributed by atoms with Gasteiger partial charge < -0.3 is 15.4 Å². The fourth-order valence-corrected chi connectivity index (χ4v) is 2.26. The predicted octanol–water partition coefficient (Wildman–Crippen LogP) is 2.94. The van der Waals surface area contributed by atoms with Gasteiger partial charge in [0.25, 0.3) is 0 Å². The Morgan fingerprint density at radius 1 is 1.15 bits per heavy atom. The molecular weight excluding hydrogens is 250 g/mol. The number of aliphatic hydroxyl groups is 1. The molecule has 0 aliphatic carbocycles. The lowest BCUT2D eigenvalue weighted by molar-refractivity contribution is 0.311. The molecule has 0 saturated heterocycles. The largest absolute Gasteiger partial charge is 0.395 e. The Kier molecular flexibility index (Phi) is 3.39. The summed E-state index contributed by atoms with van der Waals surface area (Å²) in [5, 5.41) is 11.9. The molecule has 20 heavy (non-hydrogen) atoms. The van der Waals surface area contributed by atoms with Gasteiger partial charge in [0.1, 0.15) is 5.82 Å². The van der Waals surface area contributed by atoms with Crippen molar-refractivity contribution in [2.24, 2.45) is 0 Å². The monoisotopic (exact) mass is 267 g/mol. The maximum Gasteiger partial charge on any atom is 0.138 e. The summed E-state index contributed by atoms with van der Waals surface area (Å²) in [6, 6.07) is 14.2. The number of hydrogen-bond donors (Lipinski definition) is 3. The molecule has 3 N–H and O–H groups in total. The number of anilines is 1. The van der Waals surface area contributed by atoms with Crippen molar-refractivity contribution >= 4 is 16.7 Å². The summed E-state index contributed by atoms with van der Waals surface area (Å²) in [4.78, 5) is 8.00. The quantitative estimate of drug-likeness (QED) is 0.681. The Hall–Kier alpha value is -2.33. The van der Waals surface area contributed by atoms with Crippen LogP contribution in [0.5, 0.6) is 0 Å². The van der Waals surface area contributed by atoms with Crippen LogP contribution in [0.15, 0.2) is 42.5 Å². The number of rotatable bonds is 4. The zero-order chi connectivity index (χ0) is 13.9. The van der Waals surface area contributed by atoms with Gasteiger partial charge in [-0.25, -0.2) is 4.98 Å². The highest BCUT2D eigenvalue weighted by Gasteiger charge is 2.06. The summed E-state index contributed by atoms with van der Waals surface area (Å²) in [5.41, 5.74) is 5.30. The number of aromatic amines is 1. The molecule has 0 spiro atoms. The second kappa shape index (κ2) is 5.35. The van der Waals surface area contributed by atoms with Crippen LogP contribution >= 0.6 is 0 Å². The molecular formula is C16H17N3O. The third kappa shape index (κ3) is 2.38. The Balaban J connectivity index is 1.92. The standard InChI is InChI=1S/C16H17N3O/c1-11-3-2-4-14-15(11)19-16(18-14)12-5-7-13(8-6-12)17-9-10-20/h2-8,17,20H,9-10H2,1H3,(H,18,19). The van der Waals surface area contributed by atoms with Crippen molar-refractivity contribution < 1.29 is 5.11 Å². The van der Waals surface area contributed by atoms with Crippen molar-refractivity contribution in [1.29, 1.82) is 0 Å². The third-order valence-electron chi connectivity index (χ3n) is 3.31. The minimum atomic E-state index is 0.130. The van der Waals surface area contributed by atoms with Gasteiger partial charge in [-0.1, -0.05) is 12.1 Å². The molecule has 4 heteroatoms. The van der Waals surface area contributed by atoms with E-state index in [9.17, 15) is 0 Å². The SMILES string of the molecule is Cc1cccc2[nH]c(-c3ccc(NCCO)cc3)nc12. The average Bonchev–Trinajstić information content (AvgIpc) is 2.91. The molecule has 0 atom stereocenters. The smallest absolute Gasteiger partial charge is 0.138 e. The van der Waals surface area contributed by atoms with Gasteiger partial charge in [0, 0.05) is 17.8 Å². The predicted molar refractivity (Wildman–Crippen MR) is 81.8 cm³/mol. The summed E-state index contributed by atoms with van der Waals surface area (Å²) in [6.45, 7) is 2.75. The highest BCUT2D eigenvalue weighted by molar-refractivity contribution is 5.82. The molecule has 0 unspecified atom stereocenters. The maximum absolute atomic E-state index is 8.79. The van der Waals surface area contributed by atoms with Gasteiger partial charge in [-0.3, -0.25) is 0 Å². The first-order valence-electron chi connectivity index (χ1n) is 6.68. The molecule has 0 amide bonds. The first kappa shape index (κ1) is 12.7. The van der Waals surface area contributed by atoms with E-state index in [2.05, 4.69) is 28.3 Å². The molecule has 0 aliphatic rings. The number of H-pyrrole nitrogens is 1. The van der Waals surface area contributed by atoms with Gasteiger partial charge in [-0.15, -0.1) is 0 Å². The third-order valence-corrected chi connectivity index (χ3v) is 3.31. The van der Waals surface area contributed by atoms with Crippen LogP contribution in [0.2, 0.25) is 0 Å². The van der Waals surface area contributed by atoms with Gasteiger partial charge in [0.15, 0.2) is 0 Å².